The van der Waals surface area contributed by atoms with Crippen LogP contribution >= 0.6 is 0 Å². The molecule has 0 bridgehead atoms. The summed E-state index contributed by atoms with van der Waals surface area (Å²) in [6.45, 7) is 11.8. The lowest BCUT2D eigenvalue weighted by atomic mass is 9.97. The van der Waals surface area contributed by atoms with Crippen molar-refractivity contribution in [3.05, 3.63) is 30.3 Å². The zero-order valence-electron chi connectivity index (χ0n) is 17.7. The maximum Gasteiger partial charge on any atom is 0.410 e. The molecule has 1 aromatic carbocycles. The van der Waals surface area contributed by atoms with Crippen LogP contribution in [0.5, 0.6) is 0 Å². The molecular weight excluding hydrogens is 376 g/mol. The molecule has 0 spiro atoms. The highest BCUT2D eigenvalue weighted by Crippen LogP contribution is 2.24. The molecule has 1 saturated heterocycles. The molecule has 0 saturated carbocycles. The van der Waals surface area contributed by atoms with E-state index in [1.54, 1.807) is 33.5 Å². The van der Waals surface area contributed by atoms with Crippen molar-refractivity contribution in [1.82, 2.24) is 9.21 Å². The number of sulfonamides is 1. The van der Waals surface area contributed by atoms with Crippen LogP contribution in [0, 0.1) is 11.8 Å². The van der Waals surface area contributed by atoms with Crippen molar-refractivity contribution in [3.8, 4) is 0 Å². The van der Waals surface area contributed by atoms with Gasteiger partial charge >= 0.3 is 6.09 Å². The largest absolute Gasteiger partial charge is 0.444 e. The molecule has 1 fully saturated rings. The van der Waals surface area contributed by atoms with Gasteiger partial charge in [0, 0.05) is 26.2 Å². The zero-order chi connectivity index (χ0) is 20.9. The Bertz CT molecular complexity index is 733. The van der Waals surface area contributed by atoms with Crippen molar-refractivity contribution < 1.29 is 17.9 Å². The molecule has 1 aliphatic rings. The fourth-order valence-electron chi connectivity index (χ4n) is 3.33. The van der Waals surface area contributed by atoms with Gasteiger partial charge in [-0.15, -0.1) is 0 Å². The summed E-state index contributed by atoms with van der Waals surface area (Å²) in [7, 11) is -3.52. The Kier molecular flexibility index (Phi) is 7.51. The molecule has 2 rings (SSSR count). The van der Waals surface area contributed by atoms with Gasteiger partial charge in [-0.2, -0.15) is 4.31 Å². The SMILES string of the molecule is CC(C)CN(CC1CCN(C(=O)OC(C)(C)C)CC1)S(=O)(=O)c1ccccc1. The number of carbonyl (C=O) groups is 1. The van der Waals surface area contributed by atoms with Crippen molar-refractivity contribution in [2.24, 2.45) is 11.8 Å². The van der Waals surface area contributed by atoms with Gasteiger partial charge in [-0.05, 0) is 57.6 Å². The Hall–Kier alpha value is -1.60. The molecule has 0 N–H and O–H groups in total. The summed E-state index contributed by atoms with van der Waals surface area (Å²) in [5.41, 5.74) is -0.508. The number of amides is 1. The number of carbonyl (C=O) groups excluding carboxylic acids is 1. The van der Waals surface area contributed by atoms with Gasteiger partial charge in [0.25, 0.3) is 0 Å². The van der Waals surface area contributed by atoms with Gasteiger partial charge < -0.3 is 9.64 Å². The number of likely N-dealkylation sites (tertiary alicyclic amines) is 1. The van der Waals surface area contributed by atoms with Gasteiger partial charge in [-0.1, -0.05) is 32.0 Å². The third-order valence-electron chi connectivity index (χ3n) is 4.68. The van der Waals surface area contributed by atoms with Crippen molar-refractivity contribution in [2.45, 2.75) is 58.0 Å². The first-order valence-corrected chi connectivity index (χ1v) is 11.5. The van der Waals surface area contributed by atoms with Crippen molar-refractivity contribution in [1.29, 1.82) is 0 Å². The van der Waals surface area contributed by atoms with E-state index in [0.717, 1.165) is 12.8 Å². The van der Waals surface area contributed by atoms with Crippen LogP contribution in [-0.4, -0.2) is 55.5 Å². The van der Waals surface area contributed by atoms with E-state index in [0.29, 0.717) is 31.1 Å². The van der Waals surface area contributed by atoms with Crippen molar-refractivity contribution in [3.63, 3.8) is 0 Å². The average Bonchev–Trinajstić information content (AvgIpc) is 2.60. The lowest BCUT2D eigenvalue weighted by molar-refractivity contribution is 0.0177. The highest BCUT2D eigenvalue weighted by Gasteiger charge is 2.31. The van der Waals surface area contributed by atoms with Crippen LogP contribution in [-0.2, 0) is 14.8 Å². The molecule has 0 aromatic heterocycles. The number of nitrogens with zero attached hydrogens (tertiary/aromatic N) is 2. The molecule has 6 nitrogen and oxygen atoms in total. The summed E-state index contributed by atoms with van der Waals surface area (Å²) in [5, 5.41) is 0. The first-order valence-electron chi connectivity index (χ1n) is 10.0. The van der Waals surface area contributed by atoms with E-state index in [-0.39, 0.29) is 17.9 Å². The van der Waals surface area contributed by atoms with Gasteiger partial charge in [0.15, 0.2) is 0 Å². The van der Waals surface area contributed by atoms with Crippen LogP contribution in [0.15, 0.2) is 35.2 Å². The standard InChI is InChI=1S/C21H34N2O4S/c1-17(2)15-23(28(25,26)19-9-7-6-8-10-19)16-18-11-13-22(14-12-18)20(24)27-21(3,4)5/h6-10,17-18H,11-16H2,1-5H3. The number of hydrogen-bond acceptors (Lipinski definition) is 4. The molecule has 0 radical (unpaired) electrons. The van der Waals surface area contributed by atoms with E-state index >= 15 is 0 Å². The number of piperidine rings is 1. The van der Waals surface area contributed by atoms with E-state index < -0.39 is 15.6 Å². The van der Waals surface area contributed by atoms with Crippen molar-refractivity contribution >= 4 is 16.1 Å². The minimum Gasteiger partial charge on any atom is -0.444 e. The molecule has 1 aromatic rings. The van der Waals surface area contributed by atoms with Gasteiger partial charge in [-0.25, -0.2) is 13.2 Å². The lowest BCUT2D eigenvalue weighted by Crippen LogP contribution is -2.45. The predicted molar refractivity (Wildman–Crippen MR) is 111 cm³/mol. The normalized spacial score (nSPS) is 16.6. The smallest absolute Gasteiger partial charge is 0.410 e. The van der Waals surface area contributed by atoms with E-state index in [1.807, 2.05) is 40.7 Å². The minimum atomic E-state index is -3.52. The van der Waals surface area contributed by atoms with Crippen molar-refractivity contribution in [2.75, 3.05) is 26.2 Å². The quantitative estimate of drug-likeness (QED) is 0.711. The summed E-state index contributed by atoms with van der Waals surface area (Å²) in [5.74, 6) is 0.469. The molecule has 0 atom stereocenters. The van der Waals surface area contributed by atoms with E-state index in [4.69, 9.17) is 4.74 Å². The molecule has 1 heterocycles. The highest BCUT2D eigenvalue weighted by atomic mass is 32.2. The third kappa shape index (κ3) is 6.48. The Morgan fingerprint density at radius 1 is 1.18 bits per heavy atom. The minimum absolute atomic E-state index is 0.232. The molecule has 0 unspecified atom stereocenters. The first kappa shape index (κ1) is 22.7. The highest BCUT2D eigenvalue weighted by molar-refractivity contribution is 7.89. The summed E-state index contributed by atoms with van der Waals surface area (Å²) in [4.78, 5) is 14.3. The number of benzene rings is 1. The number of ether oxygens (including phenoxy) is 1. The van der Waals surface area contributed by atoms with Gasteiger partial charge in [-0.3, -0.25) is 0 Å². The van der Waals surface area contributed by atoms with Crippen LogP contribution in [0.1, 0.15) is 47.5 Å². The monoisotopic (exact) mass is 410 g/mol. The van der Waals surface area contributed by atoms with Crippen LogP contribution in [0.3, 0.4) is 0 Å². The Morgan fingerprint density at radius 2 is 1.75 bits per heavy atom. The summed E-state index contributed by atoms with van der Waals surface area (Å²) >= 11 is 0. The average molecular weight is 411 g/mol. The summed E-state index contributed by atoms with van der Waals surface area (Å²) < 4.78 is 33.3. The Morgan fingerprint density at radius 3 is 2.25 bits per heavy atom. The fraction of sp³-hybridized carbons (Fsp3) is 0.667. The summed E-state index contributed by atoms with van der Waals surface area (Å²) in [6.07, 6.45) is 1.26. The van der Waals surface area contributed by atoms with E-state index in [9.17, 15) is 13.2 Å². The van der Waals surface area contributed by atoms with E-state index in [1.165, 1.54) is 0 Å². The van der Waals surface area contributed by atoms with Crippen LogP contribution < -0.4 is 0 Å². The topological polar surface area (TPSA) is 66.9 Å². The van der Waals surface area contributed by atoms with Crippen LogP contribution in [0.2, 0.25) is 0 Å². The number of hydrogen-bond donors (Lipinski definition) is 0. The second kappa shape index (κ2) is 9.27. The van der Waals surface area contributed by atoms with Gasteiger partial charge in [0.05, 0.1) is 4.90 Å². The third-order valence-corrected chi connectivity index (χ3v) is 6.52. The predicted octanol–water partition coefficient (Wildman–Crippen LogP) is 3.98. The molecule has 1 aliphatic heterocycles. The maximum absolute atomic E-state index is 13.1. The Labute approximate surface area is 169 Å². The molecule has 1 amide bonds. The molecule has 7 heteroatoms. The Balaban J connectivity index is 2.02. The van der Waals surface area contributed by atoms with Gasteiger partial charge in [0.2, 0.25) is 10.0 Å². The maximum atomic E-state index is 13.1. The zero-order valence-corrected chi connectivity index (χ0v) is 18.5. The van der Waals surface area contributed by atoms with Gasteiger partial charge in [0.1, 0.15) is 5.60 Å². The second-order valence-corrected chi connectivity index (χ2v) is 10.9. The molecule has 0 aliphatic carbocycles. The molecule has 158 valence electrons. The lowest BCUT2D eigenvalue weighted by Gasteiger charge is -2.35. The first-order chi connectivity index (χ1) is 13.0. The molecular formula is C21H34N2O4S. The summed E-state index contributed by atoms with van der Waals surface area (Å²) in [6, 6.07) is 8.61. The van der Waals surface area contributed by atoms with Crippen LogP contribution in [0.4, 0.5) is 4.79 Å². The van der Waals surface area contributed by atoms with E-state index in [2.05, 4.69) is 0 Å². The second-order valence-electron chi connectivity index (χ2n) is 8.94. The fourth-order valence-corrected chi connectivity index (χ4v) is 5.03. The molecule has 28 heavy (non-hydrogen) atoms. The van der Waals surface area contributed by atoms with Crippen LogP contribution in [0.25, 0.3) is 0 Å². The number of rotatable bonds is 6.